The molecule has 0 aliphatic heterocycles. The zero-order valence-corrected chi connectivity index (χ0v) is 11.0. The number of halogens is 5. The lowest BCUT2D eigenvalue weighted by atomic mass is 10.00. The maximum atomic E-state index is 13.7. The lowest BCUT2D eigenvalue weighted by Crippen LogP contribution is -2.07. The molecule has 0 fully saturated rings. The van der Waals surface area contributed by atoms with Gasteiger partial charge in [0.15, 0.2) is 6.29 Å². The molecule has 0 spiro atoms. The van der Waals surface area contributed by atoms with Crippen molar-refractivity contribution in [3.8, 4) is 0 Å². The number of rotatable bonds is 3. The van der Waals surface area contributed by atoms with Crippen molar-refractivity contribution < 1.29 is 26.7 Å². The van der Waals surface area contributed by atoms with E-state index >= 15 is 0 Å². The van der Waals surface area contributed by atoms with E-state index in [2.05, 4.69) is 0 Å². The van der Waals surface area contributed by atoms with Crippen molar-refractivity contribution in [1.82, 2.24) is 0 Å². The van der Waals surface area contributed by atoms with Gasteiger partial charge in [0.2, 0.25) is 0 Å². The van der Waals surface area contributed by atoms with Crippen LogP contribution in [0.3, 0.4) is 0 Å². The summed E-state index contributed by atoms with van der Waals surface area (Å²) >= 11 is 0. The third-order valence-corrected chi connectivity index (χ3v) is 2.95. The number of carbonyl (C=O) groups is 1. The fourth-order valence-corrected chi connectivity index (χ4v) is 1.95. The molecule has 1 nitrogen and oxygen atoms in total. The van der Waals surface area contributed by atoms with Crippen molar-refractivity contribution in [1.29, 1.82) is 0 Å². The van der Waals surface area contributed by atoms with E-state index in [9.17, 15) is 26.7 Å². The first-order valence-corrected chi connectivity index (χ1v) is 6.11. The van der Waals surface area contributed by atoms with E-state index < -0.39 is 23.4 Å². The fourth-order valence-electron chi connectivity index (χ4n) is 1.95. The Balaban J connectivity index is 2.57. The molecule has 0 atom stereocenters. The minimum Gasteiger partial charge on any atom is -0.298 e. The monoisotopic (exact) mass is 312 g/mol. The fraction of sp³-hybridized carbons (Fsp3) is 0.0625. The highest BCUT2D eigenvalue weighted by Gasteiger charge is 2.32. The van der Waals surface area contributed by atoms with Crippen molar-refractivity contribution in [3.63, 3.8) is 0 Å². The normalized spacial score (nSPS) is 12.3. The van der Waals surface area contributed by atoms with Gasteiger partial charge in [0.25, 0.3) is 0 Å². The van der Waals surface area contributed by atoms with Crippen molar-refractivity contribution >= 4 is 17.9 Å². The SMILES string of the molecule is O=CC(=Cc1ccccc1C(F)(F)F)c1ccc(F)cc1F. The van der Waals surface area contributed by atoms with Crippen LogP contribution in [0.25, 0.3) is 11.6 Å². The first kappa shape index (κ1) is 15.9. The zero-order valence-electron chi connectivity index (χ0n) is 11.0. The largest absolute Gasteiger partial charge is 0.416 e. The molecule has 0 aliphatic carbocycles. The molecule has 0 aliphatic rings. The van der Waals surface area contributed by atoms with Gasteiger partial charge in [0.05, 0.1) is 5.56 Å². The number of alkyl halides is 3. The van der Waals surface area contributed by atoms with Gasteiger partial charge in [-0.2, -0.15) is 13.2 Å². The molecule has 0 bridgehead atoms. The molecule has 0 unspecified atom stereocenters. The van der Waals surface area contributed by atoms with E-state index in [0.29, 0.717) is 6.07 Å². The number of aldehydes is 1. The second kappa shape index (κ2) is 6.09. The molecule has 22 heavy (non-hydrogen) atoms. The van der Waals surface area contributed by atoms with E-state index in [1.54, 1.807) is 0 Å². The highest BCUT2D eigenvalue weighted by atomic mass is 19.4. The van der Waals surface area contributed by atoms with Crippen molar-refractivity contribution in [2.24, 2.45) is 0 Å². The molecule has 2 rings (SSSR count). The van der Waals surface area contributed by atoms with Gasteiger partial charge in [-0.25, -0.2) is 8.78 Å². The Labute approximate surface area is 122 Å². The Bertz CT molecular complexity index is 732. The highest BCUT2D eigenvalue weighted by molar-refractivity contribution is 6.13. The molecule has 0 amide bonds. The van der Waals surface area contributed by atoms with Gasteiger partial charge >= 0.3 is 6.18 Å². The molecule has 114 valence electrons. The zero-order chi connectivity index (χ0) is 16.3. The lowest BCUT2D eigenvalue weighted by molar-refractivity contribution is -0.137. The van der Waals surface area contributed by atoms with Crippen LogP contribution in [0, 0.1) is 11.6 Å². The summed E-state index contributed by atoms with van der Waals surface area (Å²) in [5.74, 6) is -1.87. The van der Waals surface area contributed by atoms with Crippen LogP contribution < -0.4 is 0 Å². The summed E-state index contributed by atoms with van der Waals surface area (Å²) in [5.41, 5.74) is -1.81. The summed E-state index contributed by atoms with van der Waals surface area (Å²) in [7, 11) is 0. The predicted molar refractivity (Wildman–Crippen MR) is 71.7 cm³/mol. The van der Waals surface area contributed by atoms with Gasteiger partial charge in [-0.3, -0.25) is 4.79 Å². The van der Waals surface area contributed by atoms with Gasteiger partial charge in [0, 0.05) is 17.2 Å². The maximum absolute atomic E-state index is 13.7. The van der Waals surface area contributed by atoms with Gasteiger partial charge in [0.1, 0.15) is 11.6 Å². The molecule has 0 saturated carbocycles. The second-order valence-corrected chi connectivity index (χ2v) is 4.43. The Morgan fingerprint density at radius 2 is 1.68 bits per heavy atom. The van der Waals surface area contributed by atoms with Crippen molar-refractivity contribution in [2.75, 3.05) is 0 Å². The molecule has 0 aromatic heterocycles. The Kier molecular flexibility index (Phi) is 4.40. The topological polar surface area (TPSA) is 17.1 Å². The molecule has 2 aromatic carbocycles. The minimum atomic E-state index is -4.61. The number of carbonyl (C=O) groups excluding carboxylic acids is 1. The Morgan fingerprint density at radius 1 is 1.00 bits per heavy atom. The van der Waals surface area contributed by atoms with Crippen LogP contribution in [0.4, 0.5) is 22.0 Å². The summed E-state index contributed by atoms with van der Waals surface area (Å²) in [6.45, 7) is 0. The predicted octanol–water partition coefficient (Wildman–Crippen LogP) is 4.72. The van der Waals surface area contributed by atoms with E-state index in [1.807, 2.05) is 0 Å². The molecular weight excluding hydrogens is 303 g/mol. The first-order chi connectivity index (χ1) is 10.3. The average Bonchev–Trinajstić information content (AvgIpc) is 2.45. The van der Waals surface area contributed by atoms with Crippen LogP contribution in [0.2, 0.25) is 0 Å². The second-order valence-electron chi connectivity index (χ2n) is 4.43. The maximum Gasteiger partial charge on any atom is 0.416 e. The average molecular weight is 312 g/mol. The third kappa shape index (κ3) is 3.39. The summed E-state index contributed by atoms with van der Waals surface area (Å²) in [4.78, 5) is 11.1. The molecule has 0 N–H and O–H groups in total. The molecule has 0 radical (unpaired) electrons. The minimum absolute atomic E-state index is 0.226. The Hall–Kier alpha value is -2.50. The van der Waals surface area contributed by atoms with Crippen LogP contribution in [0.1, 0.15) is 16.7 Å². The van der Waals surface area contributed by atoms with E-state index in [0.717, 1.165) is 30.3 Å². The standard InChI is InChI=1S/C16H9F5O/c17-12-5-6-13(15(18)8-12)11(9-22)7-10-3-1-2-4-14(10)16(19,20)21/h1-9H. The van der Waals surface area contributed by atoms with E-state index in [-0.39, 0.29) is 23.0 Å². The van der Waals surface area contributed by atoms with Crippen molar-refractivity contribution in [3.05, 3.63) is 70.8 Å². The van der Waals surface area contributed by atoms with Crippen LogP contribution in [0.5, 0.6) is 0 Å². The highest BCUT2D eigenvalue weighted by Crippen LogP contribution is 2.33. The number of hydrogen-bond donors (Lipinski definition) is 0. The van der Waals surface area contributed by atoms with Crippen LogP contribution >= 0.6 is 0 Å². The molecular formula is C16H9F5O. The molecule has 6 heteroatoms. The smallest absolute Gasteiger partial charge is 0.298 e. The molecule has 0 heterocycles. The summed E-state index contributed by atoms with van der Waals surface area (Å²) in [5, 5.41) is 0. The number of allylic oxidation sites excluding steroid dienone is 1. The summed E-state index contributed by atoms with van der Waals surface area (Å²) in [6.07, 6.45) is -3.46. The van der Waals surface area contributed by atoms with Gasteiger partial charge in [-0.15, -0.1) is 0 Å². The Morgan fingerprint density at radius 3 is 2.27 bits per heavy atom. The molecule has 0 saturated heterocycles. The van der Waals surface area contributed by atoms with Crippen molar-refractivity contribution in [2.45, 2.75) is 6.18 Å². The summed E-state index contributed by atoms with van der Waals surface area (Å²) in [6, 6.07) is 7.07. The van der Waals surface area contributed by atoms with E-state index in [1.165, 1.54) is 12.1 Å². The lowest BCUT2D eigenvalue weighted by Gasteiger charge is -2.11. The van der Waals surface area contributed by atoms with Gasteiger partial charge in [-0.1, -0.05) is 18.2 Å². The van der Waals surface area contributed by atoms with Crippen LogP contribution in [-0.2, 0) is 11.0 Å². The van der Waals surface area contributed by atoms with Gasteiger partial charge < -0.3 is 0 Å². The molecule has 2 aromatic rings. The third-order valence-electron chi connectivity index (χ3n) is 2.95. The number of benzene rings is 2. The van der Waals surface area contributed by atoms with Gasteiger partial charge in [-0.05, 0) is 29.8 Å². The first-order valence-electron chi connectivity index (χ1n) is 6.11. The quantitative estimate of drug-likeness (QED) is 0.347. The number of hydrogen-bond acceptors (Lipinski definition) is 1. The van der Waals surface area contributed by atoms with Crippen LogP contribution in [-0.4, -0.2) is 6.29 Å². The van der Waals surface area contributed by atoms with Crippen LogP contribution in [0.15, 0.2) is 42.5 Å². The summed E-state index contributed by atoms with van der Waals surface area (Å²) < 4.78 is 65.2. The van der Waals surface area contributed by atoms with E-state index in [4.69, 9.17) is 0 Å².